The van der Waals surface area contributed by atoms with Crippen molar-refractivity contribution in [2.75, 3.05) is 5.73 Å². The minimum Gasteiger partial charge on any atom is -0.490 e. The zero-order chi connectivity index (χ0) is 12.0. The molecule has 0 saturated heterocycles. The van der Waals surface area contributed by atoms with E-state index in [1.165, 1.54) is 5.56 Å². The van der Waals surface area contributed by atoms with Crippen molar-refractivity contribution >= 4 is 17.0 Å². The molecule has 3 rings (SSSR count). The highest BCUT2D eigenvalue weighted by atomic mass is 16.5. The zero-order valence-corrected chi connectivity index (χ0v) is 10.2. The fourth-order valence-corrected chi connectivity index (χ4v) is 2.60. The predicted octanol–water partition coefficient (Wildman–Crippen LogP) is 2.35. The number of anilines is 1. The molecule has 0 spiro atoms. The van der Waals surface area contributed by atoms with Crippen LogP contribution in [0.3, 0.4) is 0 Å². The van der Waals surface area contributed by atoms with Crippen LogP contribution in [0.4, 0.5) is 5.95 Å². The van der Waals surface area contributed by atoms with Crippen LogP contribution in [0.15, 0.2) is 12.1 Å². The third-order valence-electron chi connectivity index (χ3n) is 3.50. The number of hydrogen-bond acceptors (Lipinski definition) is 3. The Bertz CT molecular complexity index is 574. The molecule has 0 saturated carbocycles. The van der Waals surface area contributed by atoms with Gasteiger partial charge in [-0.15, -0.1) is 0 Å². The molecule has 2 aromatic rings. The van der Waals surface area contributed by atoms with Crippen molar-refractivity contribution in [3.05, 3.63) is 17.7 Å². The molecule has 1 unspecified atom stereocenters. The number of fused-ring (bicyclic) bond motifs is 3. The number of aryl methyl sites for hydroxylation is 1. The van der Waals surface area contributed by atoms with Crippen LogP contribution in [0.5, 0.6) is 5.75 Å². The number of nitrogen functional groups attached to an aromatic ring is 1. The van der Waals surface area contributed by atoms with Gasteiger partial charge in [-0.05, 0) is 25.5 Å². The molecule has 0 fully saturated rings. The summed E-state index contributed by atoms with van der Waals surface area (Å²) in [4.78, 5) is 4.40. The Morgan fingerprint density at radius 3 is 3.00 bits per heavy atom. The maximum Gasteiger partial charge on any atom is 0.201 e. The summed E-state index contributed by atoms with van der Waals surface area (Å²) in [7, 11) is 0. The van der Waals surface area contributed by atoms with E-state index >= 15 is 0 Å². The summed E-state index contributed by atoms with van der Waals surface area (Å²) in [6.07, 6.45) is 2.30. The molecule has 4 heteroatoms. The lowest BCUT2D eigenvalue weighted by atomic mass is 10.1. The molecular weight excluding hydrogens is 214 g/mol. The minimum atomic E-state index is 0.303. The van der Waals surface area contributed by atoms with Gasteiger partial charge < -0.3 is 15.0 Å². The first kappa shape index (κ1) is 10.4. The summed E-state index contributed by atoms with van der Waals surface area (Å²) in [6, 6.07) is 4.01. The number of imidazole rings is 1. The van der Waals surface area contributed by atoms with Gasteiger partial charge in [-0.3, -0.25) is 0 Å². The van der Waals surface area contributed by atoms with Crippen LogP contribution < -0.4 is 10.5 Å². The normalized spacial score (nSPS) is 18.4. The average molecular weight is 231 g/mol. The highest BCUT2D eigenvalue weighted by molar-refractivity contribution is 5.84. The number of nitrogens with zero attached hydrogens (tertiary/aromatic N) is 2. The van der Waals surface area contributed by atoms with Crippen molar-refractivity contribution in [1.82, 2.24) is 9.55 Å². The van der Waals surface area contributed by atoms with Crippen molar-refractivity contribution in [3.8, 4) is 5.75 Å². The van der Waals surface area contributed by atoms with Crippen LogP contribution >= 0.6 is 0 Å². The largest absolute Gasteiger partial charge is 0.490 e. The Labute approximate surface area is 100 Å². The molecule has 4 nitrogen and oxygen atoms in total. The standard InChI is InChI=1S/C13H17N3O/c1-3-8-7-9-11(17-8)6-5-10-12(9)16(4-2)13(14)15-10/h5-6,8H,3-4,7H2,1-2H3,(H2,14,15). The summed E-state index contributed by atoms with van der Waals surface area (Å²) in [5.41, 5.74) is 9.33. The minimum absolute atomic E-state index is 0.303. The van der Waals surface area contributed by atoms with E-state index in [-0.39, 0.29) is 0 Å². The van der Waals surface area contributed by atoms with Gasteiger partial charge in [0, 0.05) is 18.5 Å². The van der Waals surface area contributed by atoms with E-state index in [1.807, 2.05) is 12.1 Å². The Hall–Kier alpha value is -1.71. The first-order valence-corrected chi connectivity index (χ1v) is 6.18. The molecule has 0 bridgehead atoms. The van der Waals surface area contributed by atoms with Crippen LogP contribution in [0.1, 0.15) is 25.8 Å². The second kappa shape index (κ2) is 3.65. The van der Waals surface area contributed by atoms with E-state index in [1.54, 1.807) is 0 Å². The van der Waals surface area contributed by atoms with Gasteiger partial charge in [0.05, 0.1) is 11.0 Å². The monoisotopic (exact) mass is 231 g/mol. The summed E-state index contributed by atoms with van der Waals surface area (Å²) in [5, 5.41) is 0. The van der Waals surface area contributed by atoms with E-state index < -0.39 is 0 Å². The highest BCUT2D eigenvalue weighted by Crippen LogP contribution is 2.36. The number of benzene rings is 1. The number of ether oxygens (including phenoxy) is 1. The van der Waals surface area contributed by atoms with E-state index in [0.29, 0.717) is 12.1 Å². The predicted molar refractivity (Wildman–Crippen MR) is 68.2 cm³/mol. The third kappa shape index (κ3) is 1.40. The maximum atomic E-state index is 5.94. The molecule has 0 aliphatic carbocycles. The van der Waals surface area contributed by atoms with Crippen LogP contribution in [-0.4, -0.2) is 15.7 Å². The molecular formula is C13H17N3O. The van der Waals surface area contributed by atoms with Crippen molar-refractivity contribution in [2.45, 2.75) is 39.3 Å². The topological polar surface area (TPSA) is 53.1 Å². The lowest BCUT2D eigenvalue weighted by molar-refractivity contribution is 0.228. The Balaban J connectivity index is 2.25. The van der Waals surface area contributed by atoms with Gasteiger partial charge in [-0.2, -0.15) is 0 Å². The summed E-state index contributed by atoms with van der Waals surface area (Å²) < 4.78 is 7.96. The first-order valence-electron chi connectivity index (χ1n) is 6.18. The molecule has 1 aliphatic rings. The lowest BCUT2D eigenvalue weighted by Crippen LogP contribution is -2.10. The molecule has 1 aromatic heterocycles. The number of rotatable bonds is 2. The molecule has 17 heavy (non-hydrogen) atoms. The quantitative estimate of drug-likeness (QED) is 0.863. The van der Waals surface area contributed by atoms with Crippen molar-refractivity contribution < 1.29 is 4.74 Å². The zero-order valence-electron chi connectivity index (χ0n) is 10.2. The fourth-order valence-electron chi connectivity index (χ4n) is 2.60. The van der Waals surface area contributed by atoms with E-state index in [0.717, 1.165) is 36.2 Å². The van der Waals surface area contributed by atoms with Gasteiger partial charge in [-0.1, -0.05) is 6.92 Å². The van der Waals surface area contributed by atoms with Gasteiger partial charge in [0.15, 0.2) is 0 Å². The number of hydrogen-bond donors (Lipinski definition) is 1. The maximum absolute atomic E-state index is 5.94. The van der Waals surface area contributed by atoms with Crippen LogP contribution in [0.2, 0.25) is 0 Å². The van der Waals surface area contributed by atoms with Crippen molar-refractivity contribution in [3.63, 3.8) is 0 Å². The van der Waals surface area contributed by atoms with E-state index in [4.69, 9.17) is 10.5 Å². The van der Waals surface area contributed by atoms with E-state index in [9.17, 15) is 0 Å². The molecule has 0 radical (unpaired) electrons. The summed E-state index contributed by atoms with van der Waals surface area (Å²) in [5.74, 6) is 1.59. The summed E-state index contributed by atoms with van der Waals surface area (Å²) in [6.45, 7) is 5.08. The van der Waals surface area contributed by atoms with E-state index in [2.05, 4.69) is 23.4 Å². The number of nitrogens with two attached hydrogens (primary N) is 1. The van der Waals surface area contributed by atoms with Gasteiger partial charge >= 0.3 is 0 Å². The van der Waals surface area contributed by atoms with Gasteiger partial charge in [0.2, 0.25) is 5.95 Å². The van der Waals surface area contributed by atoms with Gasteiger partial charge in [0.25, 0.3) is 0 Å². The molecule has 1 atom stereocenters. The van der Waals surface area contributed by atoms with Gasteiger partial charge in [0.1, 0.15) is 11.9 Å². The third-order valence-corrected chi connectivity index (χ3v) is 3.50. The first-order chi connectivity index (χ1) is 8.24. The highest BCUT2D eigenvalue weighted by Gasteiger charge is 2.25. The SMILES string of the molecule is CCC1Cc2c(ccc3nc(N)n(CC)c23)O1. The Kier molecular flexibility index (Phi) is 2.24. The van der Waals surface area contributed by atoms with Crippen LogP contribution in [0.25, 0.3) is 11.0 Å². The molecule has 1 aromatic carbocycles. The van der Waals surface area contributed by atoms with Crippen molar-refractivity contribution in [1.29, 1.82) is 0 Å². The Morgan fingerprint density at radius 2 is 2.29 bits per heavy atom. The van der Waals surface area contributed by atoms with Crippen LogP contribution in [0, 0.1) is 0 Å². The molecule has 2 heterocycles. The second-order valence-electron chi connectivity index (χ2n) is 4.48. The lowest BCUT2D eigenvalue weighted by Gasteiger charge is -2.05. The molecule has 90 valence electrons. The van der Waals surface area contributed by atoms with Gasteiger partial charge in [-0.25, -0.2) is 4.98 Å². The number of aromatic nitrogens is 2. The van der Waals surface area contributed by atoms with Crippen molar-refractivity contribution in [2.24, 2.45) is 0 Å². The molecule has 0 amide bonds. The van der Waals surface area contributed by atoms with Crippen LogP contribution in [-0.2, 0) is 13.0 Å². The summed E-state index contributed by atoms with van der Waals surface area (Å²) >= 11 is 0. The smallest absolute Gasteiger partial charge is 0.201 e. The molecule has 1 aliphatic heterocycles. The second-order valence-corrected chi connectivity index (χ2v) is 4.48. The fraction of sp³-hybridized carbons (Fsp3) is 0.462. The Morgan fingerprint density at radius 1 is 1.47 bits per heavy atom. The molecule has 2 N–H and O–H groups in total. The average Bonchev–Trinajstić information content (AvgIpc) is 2.87.